The van der Waals surface area contributed by atoms with Gasteiger partial charge in [-0.15, -0.1) is 0 Å². The molecule has 0 heteroatoms. The van der Waals surface area contributed by atoms with Gasteiger partial charge in [-0.05, 0) is 40.7 Å². The van der Waals surface area contributed by atoms with Gasteiger partial charge in [-0.2, -0.15) is 0 Å². The topological polar surface area (TPSA) is 0 Å². The molecule has 21 heavy (non-hydrogen) atoms. The van der Waals surface area contributed by atoms with Crippen molar-refractivity contribution >= 4 is 0 Å². The van der Waals surface area contributed by atoms with Crippen molar-refractivity contribution in [2.24, 2.45) is 0 Å². The first-order chi connectivity index (χ1) is 10.4. The minimum absolute atomic E-state index is 1.10. The summed E-state index contributed by atoms with van der Waals surface area (Å²) in [5.74, 6) is 0. The molecule has 0 aliphatic heterocycles. The molecule has 0 atom stereocenters. The zero-order valence-corrected chi connectivity index (χ0v) is 12.4. The van der Waals surface area contributed by atoms with E-state index in [1.807, 2.05) is 6.07 Å². The minimum atomic E-state index is 1.10. The third-order valence-corrected chi connectivity index (χ3v) is 3.96. The van der Waals surface area contributed by atoms with Gasteiger partial charge >= 0.3 is 0 Å². The van der Waals surface area contributed by atoms with Crippen LogP contribution in [-0.4, -0.2) is 0 Å². The van der Waals surface area contributed by atoms with Crippen molar-refractivity contribution in [1.82, 2.24) is 0 Å². The van der Waals surface area contributed by atoms with Crippen molar-refractivity contribution in [3.63, 3.8) is 0 Å². The smallest absolute Gasteiger partial charge is 0.00135 e. The average molecular weight is 272 g/mol. The van der Waals surface area contributed by atoms with E-state index >= 15 is 0 Å². The highest BCUT2D eigenvalue weighted by atomic mass is 14.2. The highest BCUT2D eigenvalue weighted by molar-refractivity contribution is 5.76. The van der Waals surface area contributed by atoms with Crippen LogP contribution in [0.2, 0.25) is 0 Å². The molecule has 3 aromatic rings. The van der Waals surface area contributed by atoms with E-state index in [9.17, 15) is 0 Å². The van der Waals surface area contributed by atoms with E-state index in [0.717, 1.165) is 12.8 Å². The summed E-state index contributed by atoms with van der Waals surface area (Å²) in [5.41, 5.74) is 7.16. The van der Waals surface area contributed by atoms with Crippen LogP contribution in [0.15, 0.2) is 78.9 Å². The quantitative estimate of drug-likeness (QED) is 0.429. The van der Waals surface area contributed by atoms with Crippen molar-refractivity contribution in [2.75, 3.05) is 0 Å². The lowest BCUT2D eigenvalue weighted by molar-refractivity contribution is 1.14. The molecule has 0 unspecified atom stereocenters. The van der Waals surface area contributed by atoms with Crippen LogP contribution in [0.3, 0.4) is 0 Å². The molecule has 3 aromatic carbocycles. The first kappa shape index (κ1) is 13.6. The molecule has 0 saturated heterocycles. The van der Waals surface area contributed by atoms with Crippen LogP contribution in [-0.2, 0) is 12.8 Å². The van der Waals surface area contributed by atoms with Gasteiger partial charge in [0.1, 0.15) is 0 Å². The molecular weight excluding hydrogens is 252 g/mol. The van der Waals surface area contributed by atoms with Gasteiger partial charge < -0.3 is 0 Å². The summed E-state index contributed by atoms with van der Waals surface area (Å²) in [4.78, 5) is 0. The minimum Gasteiger partial charge on any atom is -0.0622 e. The summed E-state index contributed by atoms with van der Waals surface area (Å²) >= 11 is 0. The molecule has 0 fully saturated rings. The first-order valence-electron chi connectivity index (χ1n) is 7.58. The third kappa shape index (κ3) is 3.05. The zero-order valence-electron chi connectivity index (χ0n) is 12.4. The molecule has 0 saturated carbocycles. The summed E-state index contributed by atoms with van der Waals surface area (Å²) in [6.45, 7) is 2.16. The SMILES string of the molecule is CCc1ccccc1.c1ccc2c(c1)Cc1ccccc1-2. The summed E-state index contributed by atoms with van der Waals surface area (Å²) < 4.78 is 0. The van der Waals surface area contributed by atoms with E-state index in [4.69, 9.17) is 0 Å². The van der Waals surface area contributed by atoms with E-state index in [-0.39, 0.29) is 0 Å². The van der Waals surface area contributed by atoms with E-state index in [2.05, 4.69) is 79.7 Å². The van der Waals surface area contributed by atoms with Gasteiger partial charge in [-0.3, -0.25) is 0 Å². The lowest BCUT2D eigenvalue weighted by Crippen LogP contribution is -1.77. The lowest BCUT2D eigenvalue weighted by atomic mass is 10.1. The van der Waals surface area contributed by atoms with Gasteiger partial charge in [0.2, 0.25) is 0 Å². The second-order valence-electron chi connectivity index (χ2n) is 5.33. The normalized spacial score (nSPS) is 11.1. The van der Waals surface area contributed by atoms with Crippen LogP contribution in [0.4, 0.5) is 0 Å². The third-order valence-electron chi connectivity index (χ3n) is 3.96. The molecule has 0 spiro atoms. The maximum Gasteiger partial charge on any atom is -0.00135 e. The highest BCUT2D eigenvalue weighted by Crippen LogP contribution is 2.35. The second kappa shape index (κ2) is 6.41. The Labute approximate surface area is 127 Å². The summed E-state index contributed by atoms with van der Waals surface area (Å²) in [5, 5.41) is 0. The second-order valence-corrected chi connectivity index (χ2v) is 5.33. The number of benzene rings is 3. The van der Waals surface area contributed by atoms with E-state index in [0.29, 0.717) is 0 Å². The Kier molecular flexibility index (Phi) is 4.16. The number of rotatable bonds is 1. The summed E-state index contributed by atoms with van der Waals surface area (Å²) in [6, 6.07) is 27.8. The van der Waals surface area contributed by atoms with Crippen molar-refractivity contribution in [3.05, 3.63) is 95.6 Å². The predicted octanol–water partition coefficient (Wildman–Crippen LogP) is 5.51. The Bertz CT molecular complexity index is 667. The van der Waals surface area contributed by atoms with Gasteiger partial charge in [0.25, 0.3) is 0 Å². The molecule has 4 rings (SSSR count). The van der Waals surface area contributed by atoms with Crippen LogP contribution in [0.5, 0.6) is 0 Å². The van der Waals surface area contributed by atoms with Crippen LogP contribution in [0, 0.1) is 0 Å². The Balaban J connectivity index is 0.000000143. The van der Waals surface area contributed by atoms with Crippen molar-refractivity contribution in [1.29, 1.82) is 0 Å². The number of hydrogen-bond acceptors (Lipinski definition) is 0. The number of hydrogen-bond donors (Lipinski definition) is 0. The van der Waals surface area contributed by atoms with Crippen molar-refractivity contribution < 1.29 is 0 Å². The Morgan fingerprint density at radius 1 is 0.619 bits per heavy atom. The van der Waals surface area contributed by atoms with Crippen LogP contribution in [0.25, 0.3) is 11.1 Å². The maximum absolute atomic E-state index is 2.22. The van der Waals surface area contributed by atoms with Crippen molar-refractivity contribution in [3.8, 4) is 11.1 Å². The number of aryl methyl sites for hydroxylation is 1. The van der Waals surface area contributed by atoms with Crippen LogP contribution < -0.4 is 0 Å². The number of fused-ring (bicyclic) bond motifs is 3. The van der Waals surface area contributed by atoms with E-state index in [1.54, 1.807) is 0 Å². The molecule has 0 bridgehead atoms. The molecule has 0 aromatic heterocycles. The summed E-state index contributed by atoms with van der Waals surface area (Å²) in [7, 11) is 0. The fourth-order valence-corrected chi connectivity index (χ4v) is 2.79. The van der Waals surface area contributed by atoms with Crippen LogP contribution in [0.1, 0.15) is 23.6 Å². The fourth-order valence-electron chi connectivity index (χ4n) is 2.79. The van der Waals surface area contributed by atoms with Gasteiger partial charge in [-0.25, -0.2) is 0 Å². The largest absolute Gasteiger partial charge is 0.0622 e. The Morgan fingerprint density at radius 3 is 1.57 bits per heavy atom. The standard InChI is InChI=1S/C13H10.C8H10/c1-3-7-12-10(5-1)9-11-6-2-4-8-13(11)12;1-2-8-6-4-3-5-7-8/h1-8H,9H2;3-7H,2H2,1H3. The first-order valence-corrected chi connectivity index (χ1v) is 7.58. The van der Waals surface area contributed by atoms with Crippen molar-refractivity contribution in [2.45, 2.75) is 19.8 Å². The maximum atomic E-state index is 2.22. The predicted molar refractivity (Wildman–Crippen MR) is 90.5 cm³/mol. The molecule has 0 radical (unpaired) electrons. The Hall–Kier alpha value is -2.34. The average Bonchev–Trinajstić information content (AvgIpc) is 2.95. The van der Waals surface area contributed by atoms with Gasteiger partial charge in [-0.1, -0.05) is 85.8 Å². The highest BCUT2D eigenvalue weighted by Gasteiger charge is 2.15. The van der Waals surface area contributed by atoms with E-state index < -0.39 is 0 Å². The summed E-state index contributed by atoms with van der Waals surface area (Å²) in [6.07, 6.45) is 2.24. The molecule has 0 amide bonds. The molecular formula is C21H20. The molecule has 1 aliphatic rings. The van der Waals surface area contributed by atoms with Gasteiger partial charge in [0, 0.05) is 0 Å². The molecule has 0 N–H and O–H groups in total. The van der Waals surface area contributed by atoms with Gasteiger partial charge in [0.05, 0.1) is 0 Å². The fraction of sp³-hybridized carbons (Fsp3) is 0.143. The van der Waals surface area contributed by atoms with E-state index in [1.165, 1.54) is 27.8 Å². The molecule has 104 valence electrons. The van der Waals surface area contributed by atoms with Crippen LogP contribution >= 0.6 is 0 Å². The molecule has 1 aliphatic carbocycles. The molecule has 0 heterocycles. The van der Waals surface area contributed by atoms with Gasteiger partial charge in [0.15, 0.2) is 0 Å². The lowest BCUT2D eigenvalue weighted by Gasteiger charge is -1.98. The molecule has 0 nitrogen and oxygen atoms in total. The monoisotopic (exact) mass is 272 g/mol. The Morgan fingerprint density at radius 2 is 1.10 bits per heavy atom. The zero-order chi connectivity index (χ0) is 14.5.